The quantitative estimate of drug-likeness (QED) is 0.560. The van der Waals surface area contributed by atoms with Crippen molar-refractivity contribution in [3.8, 4) is 0 Å². The lowest BCUT2D eigenvalue weighted by Gasteiger charge is -2.25. The Labute approximate surface area is 95.0 Å². The summed E-state index contributed by atoms with van der Waals surface area (Å²) in [6, 6.07) is 0. The minimum atomic E-state index is -1.11. The lowest BCUT2D eigenvalue weighted by Crippen LogP contribution is -2.30. The smallest absolute Gasteiger partial charge is 0.409 e. The van der Waals surface area contributed by atoms with E-state index in [2.05, 4.69) is 10.2 Å². The molecule has 2 N–H and O–H groups in total. The van der Waals surface area contributed by atoms with E-state index in [1.165, 1.54) is 19.3 Å². The molecule has 84 valence electrons. The van der Waals surface area contributed by atoms with E-state index in [1.54, 1.807) is 0 Å². The normalized spacial score (nSPS) is 17.4. The van der Waals surface area contributed by atoms with Crippen LogP contribution in [0.15, 0.2) is 11.8 Å². The zero-order valence-electron chi connectivity index (χ0n) is 8.82. The zero-order chi connectivity index (χ0) is 11.3. The summed E-state index contributed by atoms with van der Waals surface area (Å²) in [5.74, 6) is 0. The Kier molecular flexibility index (Phi) is 4.55. The first kappa shape index (κ1) is 12.0. The third-order valence-corrected chi connectivity index (χ3v) is 2.77. The summed E-state index contributed by atoms with van der Waals surface area (Å²) >= 11 is 4.93. The predicted octanol–water partition coefficient (Wildman–Crippen LogP) is 1.97. The van der Waals surface area contributed by atoms with Crippen molar-refractivity contribution in [2.75, 3.05) is 13.1 Å². The van der Waals surface area contributed by atoms with Crippen molar-refractivity contribution in [2.24, 2.45) is 0 Å². The predicted molar refractivity (Wildman–Crippen MR) is 62.9 cm³/mol. The fourth-order valence-corrected chi connectivity index (χ4v) is 1.72. The molecule has 1 aliphatic rings. The molecule has 0 aromatic heterocycles. The fourth-order valence-electron chi connectivity index (χ4n) is 1.58. The summed E-state index contributed by atoms with van der Waals surface area (Å²) in [7, 11) is 0. The first-order valence-electron chi connectivity index (χ1n) is 5.06. The first-order valence-corrected chi connectivity index (χ1v) is 5.47. The van der Waals surface area contributed by atoms with E-state index in [9.17, 15) is 4.79 Å². The van der Waals surface area contributed by atoms with Crippen LogP contribution in [0.1, 0.15) is 26.2 Å². The van der Waals surface area contributed by atoms with Gasteiger partial charge in [0.25, 0.3) is 0 Å². The SMILES string of the molecule is C/C(=C\N1CCCCC1)C(=S)NC(=O)O. The minimum absolute atomic E-state index is 0.285. The number of thiocarbonyl (C=S) groups is 1. The fraction of sp³-hybridized carbons (Fsp3) is 0.600. The van der Waals surface area contributed by atoms with Crippen LogP contribution in [0.2, 0.25) is 0 Å². The van der Waals surface area contributed by atoms with Gasteiger partial charge in [-0.3, -0.25) is 5.32 Å². The van der Waals surface area contributed by atoms with Crippen LogP contribution in [0.4, 0.5) is 4.79 Å². The van der Waals surface area contributed by atoms with Crippen molar-refractivity contribution in [1.82, 2.24) is 10.2 Å². The maximum atomic E-state index is 10.4. The van der Waals surface area contributed by atoms with Gasteiger partial charge in [-0.05, 0) is 31.8 Å². The van der Waals surface area contributed by atoms with Crippen molar-refractivity contribution in [2.45, 2.75) is 26.2 Å². The van der Waals surface area contributed by atoms with Crippen LogP contribution in [-0.4, -0.2) is 34.2 Å². The van der Waals surface area contributed by atoms with Gasteiger partial charge in [0.15, 0.2) is 0 Å². The Balaban J connectivity index is 2.49. The number of amides is 1. The summed E-state index contributed by atoms with van der Waals surface area (Å²) in [6.07, 6.45) is 4.51. The number of likely N-dealkylation sites (tertiary alicyclic amines) is 1. The molecule has 0 unspecified atom stereocenters. The molecular weight excluding hydrogens is 212 g/mol. The largest absolute Gasteiger partial charge is 0.465 e. The molecule has 4 nitrogen and oxygen atoms in total. The van der Waals surface area contributed by atoms with Crippen LogP contribution in [0, 0.1) is 0 Å². The minimum Gasteiger partial charge on any atom is -0.465 e. The summed E-state index contributed by atoms with van der Waals surface area (Å²) in [6.45, 7) is 3.90. The highest BCUT2D eigenvalue weighted by molar-refractivity contribution is 7.80. The molecule has 5 heteroatoms. The molecule has 0 aromatic rings. The summed E-state index contributed by atoms with van der Waals surface area (Å²) in [5.41, 5.74) is 0.800. The molecule has 1 aliphatic heterocycles. The number of hydrogen-bond acceptors (Lipinski definition) is 3. The molecular formula is C10H16N2O2S. The molecule has 0 atom stereocenters. The van der Waals surface area contributed by atoms with Gasteiger partial charge in [0.1, 0.15) is 4.99 Å². The Morgan fingerprint density at radius 3 is 2.53 bits per heavy atom. The summed E-state index contributed by atoms with van der Waals surface area (Å²) in [4.78, 5) is 12.8. The van der Waals surface area contributed by atoms with Crippen LogP contribution in [0.25, 0.3) is 0 Å². The maximum Gasteiger partial charge on any atom is 0.409 e. The van der Waals surface area contributed by atoms with E-state index in [0.717, 1.165) is 18.7 Å². The summed E-state index contributed by atoms with van der Waals surface area (Å²) < 4.78 is 0. The van der Waals surface area contributed by atoms with Gasteiger partial charge >= 0.3 is 6.09 Å². The molecule has 1 rings (SSSR count). The Morgan fingerprint density at radius 2 is 2.00 bits per heavy atom. The molecule has 0 saturated carbocycles. The van der Waals surface area contributed by atoms with Crippen LogP contribution < -0.4 is 5.32 Å². The van der Waals surface area contributed by atoms with Crippen LogP contribution in [0.3, 0.4) is 0 Å². The standard InChI is InChI=1S/C10H16N2O2S/c1-8(9(15)11-10(13)14)7-12-5-3-2-4-6-12/h7H,2-6H2,1H3,(H,11,15)(H,13,14)/b8-7+. The third-order valence-electron chi connectivity index (χ3n) is 2.35. The number of hydrogen-bond donors (Lipinski definition) is 2. The van der Waals surface area contributed by atoms with Gasteiger partial charge < -0.3 is 10.0 Å². The van der Waals surface area contributed by atoms with E-state index >= 15 is 0 Å². The van der Waals surface area contributed by atoms with Gasteiger partial charge in [-0.1, -0.05) is 12.2 Å². The van der Waals surface area contributed by atoms with E-state index in [1.807, 2.05) is 13.1 Å². The average Bonchev–Trinajstić information content (AvgIpc) is 2.18. The van der Waals surface area contributed by atoms with Crippen molar-refractivity contribution in [3.05, 3.63) is 11.8 Å². The lowest BCUT2D eigenvalue weighted by molar-refractivity contribution is 0.200. The number of piperidine rings is 1. The maximum absolute atomic E-state index is 10.4. The molecule has 0 aliphatic carbocycles. The van der Waals surface area contributed by atoms with Gasteiger partial charge in [-0.15, -0.1) is 0 Å². The second-order valence-corrected chi connectivity index (χ2v) is 4.08. The number of carboxylic acid groups (broad SMARTS) is 1. The molecule has 1 saturated heterocycles. The topological polar surface area (TPSA) is 52.6 Å². The first-order chi connectivity index (χ1) is 7.09. The Morgan fingerprint density at radius 1 is 1.40 bits per heavy atom. The molecule has 0 spiro atoms. The van der Waals surface area contributed by atoms with Crippen molar-refractivity contribution < 1.29 is 9.90 Å². The van der Waals surface area contributed by atoms with Crippen molar-refractivity contribution in [1.29, 1.82) is 0 Å². The van der Waals surface area contributed by atoms with Crippen molar-refractivity contribution >= 4 is 23.3 Å². The van der Waals surface area contributed by atoms with Crippen molar-refractivity contribution in [3.63, 3.8) is 0 Å². The molecule has 0 bridgehead atoms. The molecule has 1 fully saturated rings. The Bertz CT molecular complexity index is 283. The Hall–Kier alpha value is -1.10. The van der Waals surface area contributed by atoms with Gasteiger partial charge in [0.2, 0.25) is 0 Å². The second kappa shape index (κ2) is 5.70. The van der Waals surface area contributed by atoms with Crippen LogP contribution in [-0.2, 0) is 0 Å². The summed E-state index contributed by atoms with van der Waals surface area (Å²) in [5, 5.41) is 10.7. The zero-order valence-corrected chi connectivity index (χ0v) is 9.64. The highest BCUT2D eigenvalue weighted by Crippen LogP contribution is 2.10. The van der Waals surface area contributed by atoms with E-state index in [-0.39, 0.29) is 4.99 Å². The molecule has 0 radical (unpaired) electrons. The third kappa shape index (κ3) is 4.29. The van der Waals surface area contributed by atoms with Gasteiger partial charge in [0.05, 0.1) is 0 Å². The monoisotopic (exact) mass is 228 g/mol. The molecule has 1 amide bonds. The van der Waals surface area contributed by atoms with E-state index < -0.39 is 6.09 Å². The van der Waals surface area contributed by atoms with Crippen LogP contribution in [0.5, 0.6) is 0 Å². The molecule has 0 aromatic carbocycles. The number of rotatable bonds is 2. The van der Waals surface area contributed by atoms with Gasteiger partial charge in [0, 0.05) is 19.3 Å². The molecule has 1 heterocycles. The van der Waals surface area contributed by atoms with E-state index in [4.69, 9.17) is 17.3 Å². The van der Waals surface area contributed by atoms with Crippen LogP contribution >= 0.6 is 12.2 Å². The van der Waals surface area contributed by atoms with E-state index in [0.29, 0.717) is 0 Å². The van der Waals surface area contributed by atoms with Gasteiger partial charge in [-0.25, -0.2) is 4.79 Å². The highest BCUT2D eigenvalue weighted by atomic mass is 32.1. The number of carbonyl (C=O) groups is 1. The highest BCUT2D eigenvalue weighted by Gasteiger charge is 2.09. The number of nitrogens with one attached hydrogen (secondary N) is 1. The lowest BCUT2D eigenvalue weighted by atomic mass is 10.1. The second-order valence-electron chi connectivity index (χ2n) is 3.67. The molecule has 15 heavy (non-hydrogen) atoms. The van der Waals surface area contributed by atoms with Gasteiger partial charge in [-0.2, -0.15) is 0 Å². The number of nitrogens with zero attached hydrogens (tertiary/aromatic N) is 1. The average molecular weight is 228 g/mol.